The minimum Gasteiger partial charge on any atom is -0.483 e. The molecular formula is C18H26N4O3. The van der Waals surface area contributed by atoms with Gasteiger partial charge in [0, 0.05) is 25.8 Å². The van der Waals surface area contributed by atoms with Crippen LogP contribution in [0.5, 0.6) is 0 Å². The summed E-state index contributed by atoms with van der Waals surface area (Å²) in [5, 5.41) is 11.4. The molecule has 7 heteroatoms. The second-order valence-electron chi connectivity index (χ2n) is 6.05. The molecule has 1 atom stereocenters. The number of ether oxygens (including phenoxy) is 1. The van der Waals surface area contributed by atoms with Crippen LogP contribution in [-0.2, 0) is 23.2 Å². The van der Waals surface area contributed by atoms with Crippen molar-refractivity contribution in [3.8, 4) is 11.4 Å². The molecule has 1 aliphatic heterocycles. The van der Waals surface area contributed by atoms with Gasteiger partial charge >= 0.3 is 0 Å². The summed E-state index contributed by atoms with van der Waals surface area (Å²) in [5.74, 6) is 1.60. The molecule has 0 aliphatic carbocycles. The van der Waals surface area contributed by atoms with Crippen molar-refractivity contribution >= 4 is 6.47 Å². The molecule has 0 amide bonds. The Hall–Kier alpha value is -2.25. The molecule has 1 aromatic heterocycles. The van der Waals surface area contributed by atoms with Gasteiger partial charge in [0.05, 0.1) is 0 Å². The van der Waals surface area contributed by atoms with E-state index in [9.17, 15) is 0 Å². The molecule has 136 valence electrons. The fraction of sp³-hybridized carbons (Fsp3) is 0.500. The molecular weight excluding hydrogens is 320 g/mol. The van der Waals surface area contributed by atoms with Gasteiger partial charge in [-0.05, 0) is 38.4 Å². The molecule has 0 radical (unpaired) electrons. The molecule has 0 bridgehead atoms. The quantitative estimate of drug-likeness (QED) is 0.838. The number of rotatable bonds is 5. The zero-order chi connectivity index (χ0) is 18.2. The van der Waals surface area contributed by atoms with E-state index in [0.29, 0.717) is 12.6 Å². The van der Waals surface area contributed by atoms with Crippen LogP contribution in [0, 0.1) is 0 Å². The van der Waals surface area contributed by atoms with Crippen LogP contribution in [0.1, 0.15) is 37.2 Å². The second-order valence-corrected chi connectivity index (χ2v) is 6.05. The maximum atomic E-state index is 8.36. The Morgan fingerprint density at radius 1 is 1.28 bits per heavy atom. The van der Waals surface area contributed by atoms with Gasteiger partial charge in [-0.3, -0.25) is 14.4 Å². The normalized spacial score (nSPS) is 15.5. The van der Waals surface area contributed by atoms with Crippen LogP contribution in [0.25, 0.3) is 11.4 Å². The first-order valence-corrected chi connectivity index (χ1v) is 8.41. The Bertz CT molecular complexity index is 663. The Kier molecular flexibility index (Phi) is 7.09. The number of hydrogen-bond acceptors (Lipinski definition) is 5. The summed E-state index contributed by atoms with van der Waals surface area (Å²) in [5.41, 5.74) is 2.41. The lowest BCUT2D eigenvalue weighted by Gasteiger charge is -2.24. The Balaban J connectivity index is 0.000000701. The molecule has 1 fully saturated rings. The standard InChI is InChI=1S/C17H24N4O.CH2O2/c1-13(21-10-4-5-11-21)14-6-8-15(9-7-14)17-18-16(12-22-3)20(2)19-17;2-1-3/h6-9,13H,4-5,10-12H2,1-3H3;1H,(H,2,3). The largest absolute Gasteiger partial charge is 0.483 e. The van der Waals surface area contributed by atoms with E-state index in [4.69, 9.17) is 14.6 Å². The van der Waals surface area contributed by atoms with Crippen LogP contribution in [0.4, 0.5) is 0 Å². The molecule has 3 rings (SSSR count). The molecule has 7 nitrogen and oxygen atoms in total. The average Bonchev–Trinajstić information content (AvgIpc) is 3.26. The van der Waals surface area contributed by atoms with E-state index in [1.54, 1.807) is 11.8 Å². The van der Waals surface area contributed by atoms with Crippen LogP contribution >= 0.6 is 0 Å². The van der Waals surface area contributed by atoms with Crippen molar-refractivity contribution in [1.29, 1.82) is 0 Å². The van der Waals surface area contributed by atoms with Crippen molar-refractivity contribution in [3.05, 3.63) is 35.7 Å². The lowest BCUT2D eigenvalue weighted by molar-refractivity contribution is -0.122. The minimum atomic E-state index is -0.250. The third-order valence-corrected chi connectivity index (χ3v) is 4.47. The number of likely N-dealkylation sites (tertiary alicyclic amines) is 1. The summed E-state index contributed by atoms with van der Waals surface area (Å²) in [7, 11) is 3.57. The van der Waals surface area contributed by atoms with E-state index in [1.807, 2.05) is 7.05 Å². The number of benzene rings is 1. The van der Waals surface area contributed by atoms with Gasteiger partial charge in [0.25, 0.3) is 6.47 Å². The van der Waals surface area contributed by atoms with Crippen molar-refractivity contribution in [3.63, 3.8) is 0 Å². The molecule has 25 heavy (non-hydrogen) atoms. The van der Waals surface area contributed by atoms with Crippen LogP contribution in [0.3, 0.4) is 0 Å². The number of methoxy groups -OCH3 is 1. The van der Waals surface area contributed by atoms with Gasteiger partial charge in [-0.25, -0.2) is 4.98 Å². The van der Waals surface area contributed by atoms with E-state index in [1.165, 1.54) is 31.5 Å². The van der Waals surface area contributed by atoms with Gasteiger partial charge in [0.15, 0.2) is 11.6 Å². The monoisotopic (exact) mass is 346 g/mol. The molecule has 1 N–H and O–H groups in total. The van der Waals surface area contributed by atoms with Crippen LogP contribution in [0.2, 0.25) is 0 Å². The summed E-state index contributed by atoms with van der Waals surface area (Å²) in [6, 6.07) is 9.12. The highest BCUT2D eigenvalue weighted by molar-refractivity contribution is 5.55. The Labute approximate surface area is 148 Å². The minimum absolute atomic E-state index is 0.250. The van der Waals surface area contributed by atoms with Gasteiger partial charge in [-0.1, -0.05) is 24.3 Å². The zero-order valence-corrected chi connectivity index (χ0v) is 15.1. The van der Waals surface area contributed by atoms with E-state index < -0.39 is 0 Å². The Morgan fingerprint density at radius 3 is 2.44 bits per heavy atom. The zero-order valence-electron chi connectivity index (χ0n) is 15.1. The molecule has 2 aromatic rings. The molecule has 0 saturated carbocycles. The number of aryl methyl sites for hydroxylation is 1. The first kappa shape index (κ1) is 19.1. The van der Waals surface area contributed by atoms with Gasteiger partial charge in [-0.2, -0.15) is 5.10 Å². The molecule has 1 unspecified atom stereocenters. The third-order valence-electron chi connectivity index (χ3n) is 4.47. The van der Waals surface area contributed by atoms with E-state index >= 15 is 0 Å². The fourth-order valence-electron chi connectivity index (χ4n) is 3.04. The summed E-state index contributed by atoms with van der Waals surface area (Å²) < 4.78 is 6.91. The summed E-state index contributed by atoms with van der Waals surface area (Å²) in [4.78, 5) is 15.4. The van der Waals surface area contributed by atoms with Gasteiger partial charge < -0.3 is 9.84 Å². The van der Waals surface area contributed by atoms with E-state index in [-0.39, 0.29) is 6.47 Å². The number of carboxylic acid groups (broad SMARTS) is 1. The Morgan fingerprint density at radius 2 is 1.88 bits per heavy atom. The molecule has 1 aliphatic rings. The third kappa shape index (κ3) is 4.87. The average molecular weight is 346 g/mol. The van der Waals surface area contributed by atoms with Gasteiger partial charge in [0.2, 0.25) is 0 Å². The predicted octanol–water partition coefficient (Wildman–Crippen LogP) is 2.49. The molecule has 2 heterocycles. The number of nitrogens with zero attached hydrogens (tertiary/aromatic N) is 4. The number of carbonyl (C=O) groups is 1. The maximum absolute atomic E-state index is 8.36. The highest BCUT2D eigenvalue weighted by Gasteiger charge is 2.19. The van der Waals surface area contributed by atoms with Crippen molar-refractivity contribution in [2.24, 2.45) is 7.05 Å². The SMILES string of the molecule is COCc1nc(-c2ccc(C(C)N3CCCC3)cc2)nn1C.O=CO. The van der Waals surface area contributed by atoms with Gasteiger partial charge in [-0.15, -0.1) is 0 Å². The topological polar surface area (TPSA) is 80.5 Å². The smallest absolute Gasteiger partial charge is 0.290 e. The second kappa shape index (κ2) is 9.29. The summed E-state index contributed by atoms with van der Waals surface area (Å²) in [6.07, 6.45) is 2.64. The first-order chi connectivity index (χ1) is 12.1. The van der Waals surface area contributed by atoms with Crippen molar-refractivity contribution in [2.75, 3.05) is 20.2 Å². The molecule has 1 aromatic carbocycles. The maximum Gasteiger partial charge on any atom is 0.290 e. The highest BCUT2D eigenvalue weighted by Crippen LogP contribution is 2.26. The molecule has 1 saturated heterocycles. The van der Waals surface area contributed by atoms with Gasteiger partial charge in [0.1, 0.15) is 6.61 Å². The summed E-state index contributed by atoms with van der Waals surface area (Å²) >= 11 is 0. The summed E-state index contributed by atoms with van der Waals surface area (Å²) in [6.45, 7) is 4.94. The predicted molar refractivity (Wildman–Crippen MR) is 95.1 cm³/mol. The lowest BCUT2D eigenvalue weighted by atomic mass is 10.0. The van der Waals surface area contributed by atoms with E-state index in [0.717, 1.165) is 17.2 Å². The van der Waals surface area contributed by atoms with E-state index in [2.05, 4.69) is 46.2 Å². The fourth-order valence-corrected chi connectivity index (χ4v) is 3.04. The van der Waals surface area contributed by atoms with Crippen molar-refractivity contribution in [1.82, 2.24) is 19.7 Å². The first-order valence-electron chi connectivity index (χ1n) is 8.41. The van der Waals surface area contributed by atoms with Crippen molar-refractivity contribution in [2.45, 2.75) is 32.4 Å². The van der Waals surface area contributed by atoms with Crippen LogP contribution in [0.15, 0.2) is 24.3 Å². The lowest BCUT2D eigenvalue weighted by Crippen LogP contribution is -2.23. The van der Waals surface area contributed by atoms with Crippen LogP contribution in [-0.4, -0.2) is 51.4 Å². The van der Waals surface area contributed by atoms with Crippen LogP contribution < -0.4 is 0 Å². The highest BCUT2D eigenvalue weighted by atomic mass is 16.5. The molecule has 0 spiro atoms. The number of hydrogen-bond donors (Lipinski definition) is 1. The number of aromatic nitrogens is 3. The van der Waals surface area contributed by atoms with Crippen molar-refractivity contribution < 1.29 is 14.6 Å².